The highest BCUT2D eigenvalue weighted by Crippen LogP contribution is 2.18. The van der Waals surface area contributed by atoms with Crippen LogP contribution in [-0.4, -0.2) is 26.1 Å². The van der Waals surface area contributed by atoms with Crippen molar-refractivity contribution in [3.05, 3.63) is 66.0 Å². The SMILES string of the molecule is OC(CBr)CCn1c(COCc2ccccc2)nc2ccccc21. The van der Waals surface area contributed by atoms with Crippen LogP contribution in [0, 0.1) is 0 Å². The van der Waals surface area contributed by atoms with E-state index in [0.717, 1.165) is 29.0 Å². The maximum atomic E-state index is 9.83. The molecule has 3 aromatic rings. The fraction of sp³-hybridized carbons (Fsp3) is 0.316. The molecule has 1 unspecified atom stereocenters. The van der Waals surface area contributed by atoms with Crippen LogP contribution in [0.1, 0.15) is 17.8 Å². The summed E-state index contributed by atoms with van der Waals surface area (Å²) in [7, 11) is 0. The fourth-order valence-corrected chi connectivity index (χ4v) is 3.00. The van der Waals surface area contributed by atoms with E-state index in [4.69, 9.17) is 9.72 Å². The number of hydrogen-bond acceptors (Lipinski definition) is 3. The van der Waals surface area contributed by atoms with Gasteiger partial charge in [0.25, 0.3) is 0 Å². The summed E-state index contributed by atoms with van der Waals surface area (Å²) in [6.45, 7) is 1.74. The Balaban J connectivity index is 1.73. The Kier molecular flexibility index (Phi) is 6.01. The van der Waals surface area contributed by atoms with Crippen molar-refractivity contribution in [2.75, 3.05) is 5.33 Å². The van der Waals surface area contributed by atoms with Gasteiger partial charge in [-0.15, -0.1) is 0 Å². The number of aromatic nitrogens is 2. The van der Waals surface area contributed by atoms with Crippen molar-refractivity contribution in [3.8, 4) is 0 Å². The first kappa shape index (κ1) is 17.1. The van der Waals surface area contributed by atoms with Crippen molar-refractivity contribution in [1.82, 2.24) is 9.55 Å². The second kappa shape index (κ2) is 8.42. The zero-order valence-corrected chi connectivity index (χ0v) is 15.0. The van der Waals surface area contributed by atoms with Crippen molar-refractivity contribution >= 4 is 27.0 Å². The number of benzene rings is 2. The molecule has 2 aromatic carbocycles. The summed E-state index contributed by atoms with van der Waals surface area (Å²) >= 11 is 3.32. The van der Waals surface area contributed by atoms with E-state index in [0.29, 0.717) is 25.0 Å². The number of aliphatic hydroxyl groups is 1. The predicted molar refractivity (Wildman–Crippen MR) is 99.1 cm³/mol. The average molecular weight is 389 g/mol. The first-order valence-corrected chi connectivity index (χ1v) is 9.20. The number of nitrogens with zero attached hydrogens (tertiary/aromatic N) is 2. The molecule has 1 atom stereocenters. The summed E-state index contributed by atoms with van der Waals surface area (Å²) in [4.78, 5) is 4.69. The van der Waals surface area contributed by atoms with Gasteiger partial charge in [0.05, 0.1) is 23.7 Å². The van der Waals surface area contributed by atoms with Crippen LogP contribution >= 0.6 is 15.9 Å². The lowest BCUT2D eigenvalue weighted by molar-refractivity contribution is 0.0987. The van der Waals surface area contributed by atoms with E-state index in [-0.39, 0.29) is 6.10 Å². The van der Waals surface area contributed by atoms with Gasteiger partial charge in [-0.1, -0.05) is 58.4 Å². The van der Waals surface area contributed by atoms with Crippen LogP contribution in [0.15, 0.2) is 54.6 Å². The summed E-state index contributed by atoms with van der Waals surface area (Å²) in [5.74, 6) is 0.897. The van der Waals surface area contributed by atoms with Gasteiger partial charge in [-0.25, -0.2) is 4.98 Å². The molecule has 0 bridgehead atoms. The number of fused-ring (bicyclic) bond motifs is 1. The van der Waals surface area contributed by atoms with Gasteiger partial charge in [-0.2, -0.15) is 0 Å². The van der Waals surface area contributed by atoms with Gasteiger partial charge in [0, 0.05) is 11.9 Å². The number of ether oxygens (including phenoxy) is 1. The van der Waals surface area contributed by atoms with E-state index in [1.54, 1.807) is 0 Å². The molecular weight excluding hydrogens is 368 g/mol. The zero-order valence-electron chi connectivity index (χ0n) is 13.4. The Bertz CT molecular complexity index is 773. The molecule has 1 heterocycles. The molecule has 24 heavy (non-hydrogen) atoms. The molecule has 0 spiro atoms. The molecular formula is C19H21BrN2O2. The molecule has 0 aliphatic heterocycles. The highest BCUT2D eigenvalue weighted by molar-refractivity contribution is 9.09. The Labute approximate surface area is 150 Å². The molecule has 126 valence electrons. The number of aryl methyl sites for hydroxylation is 1. The lowest BCUT2D eigenvalue weighted by Crippen LogP contribution is -2.14. The van der Waals surface area contributed by atoms with Gasteiger partial charge in [0.15, 0.2) is 0 Å². The molecule has 5 heteroatoms. The van der Waals surface area contributed by atoms with Gasteiger partial charge < -0.3 is 14.4 Å². The molecule has 0 saturated carbocycles. The van der Waals surface area contributed by atoms with E-state index in [2.05, 4.69) is 38.7 Å². The monoisotopic (exact) mass is 388 g/mol. The second-order valence-corrected chi connectivity index (χ2v) is 6.39. The van der Waals surface area contributed by atoms with Crippen LogP contribution in [0.2, 0.25) is 0 Å². The lowest BCUT2D eigenvalue weighted by Gasteiger charge is -2.12. The van der Waals surface area contributed by atoms with Gasteiger partial charge in [-0.3, -0.25) is 0 Å². The van der Waals surface area contributed by atoms with Crippen molar-refractivity contribution in [3.63, 3.8) is 0 Å². The molecule has 1 aromatic heterocycles. The third-order valence-electron chi connectivity index (χ3n) is 3.94. The van der Waals surface area contributed by atoms with Gasteiger partial charge in [-0.05, 0) is 24.1 Å². The topological polar surface area (TPSA) is 47.3 Å². The van der Waals surface area contributed by atoms with Crippen LogP contribution in [-0.2, 0) is 24.5 Å². The number of alkyl halides is 1. The quantitative estimate of drug-likeness (QED) is 0.595. The summed E-state index contributed by atoms with van der Waals surface area (Å²) < 4.78 is 8.00. The number of para-hydroxylation sites is 2. The molecule has 0 aliphatic rings. The van der Waals surface area contributed by atoms with Crippen LogP contribution in [0.5, 0.6) is 0 Å². The van der Waals surface area contributed by atoms with E-state index >= 15 is 0 Å². The fourth-order valence-electron chi connectivity index (χ4n) is 2.67. The van der Waals surface area contributed by atoms with Crippen LogP contribution in [0.4, 0.5) is 0 Å². The standard InChI is InChI=1S/C19H21BrN2O2/c20-12-16(23)10-11-22-18-9-5-4-8-17(18)21-19(22)14-24-13-15-6-2-1-3-7-15/h1-9,16,23H,10-14H2. The minimum Gasteiger partial charge on any atom is -0.392 e. The number of rotatable bonds is 8. The maximum Gasteiger partial charge on any atom is 0.136 e. The Morgan fingerprint density at radius 2 is 1.79 bits per heavy atom. The van der Waals surface area contributed by atoms with Gasteiger partial charge in [0.1, 0.15) is 12.4 Å². The molecule has 3 rings (SSSR count). The molecule has 0 amide bonds. The first-order chi connectivity index (χ1) is 11.8. The third kappa shape index (κ3) is 4.23. The Hall–Kier alpha value is -1.69. The molecule has 1 N–H and O–H groups in total. The zero-order chi connectivity index (χ0) is 16.8. The minimum absolute atomic E-state index is 0.357. The van der Waals surface area contributed by atoms with Crippen molar-refractivity contribution in [1.29, 1.82) is 0 Å². The molecule has 0 radical (unpaired) electrons. The normalized spacial score (nSPS) is 12.6. The van der Waals surface area contributed by atoms with E-state index in [9.17, 15) is 5.11 Å². The number of aliphatic hydroxyl groups excluding tert-OH is 1. The van der Waals surface area contributed by atoms with Crippen molar-refractivity contribution in [2.24, 2.45) is 0 Å². The number of hydrogen-bond donors (Lipinski definition) is 1. The number of imidazole rings is 1. The highest BCUT2D eigenvalue weighted by Gasteiger charge is 2.12. The van der Waals surface area contributed by atoms with E-state index in [1.807, 2.05) is 36.4 Å². The van der Waals surface area contributed by atoms with Crippen LogP contribution in [0.25, 0.3) is 11.0 Å². The molecule has 0 fully saturated rings. The number of halogens is 1. The van der Waals surface area contributed by atoms with Crippen LogP contribution in [0.3, 0.4) is 0 Å². The van der Waals surface area contributed by atoms with Gasteiger partial charge in [0.2, 0.25) is 0 Å². The Morgan fingerprint density at radius 3 is 2.58 bits per heavy atom. The second-order valence-electron chi connectivity index (χ2n) is 5.74. The van der Waals surface area contributed by atoms with Crippen LogP contribution < -0.4 is 0 Å². The smallest absolute Gasteiger partial charge is 0.136 e. The predicted octanol–water partition coefficient (Wildman–Crippen LogP) is 3.90. The summed E-state index contributed by atoms with van der Waals surface area (Å²) in [5.41, 5.74) is 3.19. The largest absolute Gasteiger partial charge is 0.392 e. The van der Waals surface area contributed by atoms with Gasteiger partial charge >= 0.3 is 0 Å². The summed E-state index contributed by atoms with van der Waals surface area (Å²) in [5, 5.41) is 10.4. The molecule has 0 saturated heterocycles. The highest BCUT2D eigenvalue weighted by atomic mass is 79.9. The van der Waals surface area contributed by atoms with E-state index < -0.39 is 0 Å². The van der Waals surface area contributed by atoms with E-state index in [1.165, 1.54) is 0 Å². The molecule has 0 aliphatic carbocycles. The Morgan fingerprint density at radius 1 is 1.04 bits per heavy atom. The maximum absolute atomic E-state index is 9.83. The van der Waals surface area contributed by atoms with Crippen molar-refractivity contribution in [2.45, 2.75) is 32.3 Å². The first-order valence-electron chi connectivity index (χ1n) is 8.08. The summed E-state index contributed by atoms with van der Waals surface area (Å²) in [6, 6.07) is 18.2. The van der Waals surface area contributed by atoms with Crippen molar-refractivity contribution < 1.29 is 9.84 Å². The minimum atomic E-state index is -0.357. The average Bonchev–Trinajstić information content (AvgIpc) is 2.98. The third-order valence-corrected chi connectivity index (χ3v) is 4.69. The lowest BCUT2D eigenvalue weighted by atomic mass is 10.2. The summed E-state index contributed by atoms with van der Waals surface area (Å²) in [6.07, 6.45) is 0.321. The molecule has 4 nitrogen and oxygen atoms in total.